The summed E-state index contributed by atoms with van der Waals surface area (Å²) in [6.07, 6.45) is 7.17. The number of benzene rings is 1. The van der Waals surface area contributed by atoms with Gasteiger partial charge in [-0.2, -0.15) is 4.98 Å². The fourth-order valence-electron chi connectivity index (χ4n) is 1.75. The summed E-state index contributed by atoms with van der Waals surface area (Å²) >= 11 is 0. The third-order valence-electron chi connectivity index (χ3n) is 2.71. The highest BCUT2D eigenvalue weighted by atomic mass is 16.4. The molecule has 5 nitrogen and oxygen atoms in total. The Morgan fingerprint density at radius 1 is 1.63 bits per heavy atom. The van der Waals surface area contributed by atoms with Crippen LogP contribution in [-0.2, 0) is 0 Å². The highest BCUT2D eigenvalue weighted by Crippen LogP contribution is 2.21. The Hall–Kier alpha value is -2.48. The van der Waals surface area contributed by atoms with Crippen molar-refractivity contribution >= 4 is 23.1 Å². The van der Waals surface area contributed by atoms with Gasteiger partial charge in [-0.05, 0) is 24.6 Å². The fraction of sp³-hybridized carbons (Fsp3) is 0.286. The monoisotopic (exact) mass is 258 g/mol. The maximum Gasteiger partial charge on any atom is 0.335 e. The van der Waals surface area contributed by atoms with E-state index in [-0.39, 0.29) is 11.6 Å². The van der Waals surface area contributed by atoms with E-state index in [4.69, 9.17) is 15.9 Å². The zero-order valence-electron chi connectivity index (χ0n) is 10.5. The van der Waals surface area contributed by atoms with Crippen molar-refractivity contribution in [1.82, 2.24) is 4.98 Å². The van der Waals surface area contributed by atoms with Gasteiger partial charge in [0.25, 0.3) is 6.01 Å². The van der Waals surface area contributed by atoms with Crippen LogP contribution < -0.4 is 5.32 Å². The Morgan fingerprint density at radius 2 is 2.42 bits per heavy atom. The number of oxazole rings is 1. The lowest BCUT2D eigenvalue weighted by molar-refractivity contribution is 0.0697. The SMILES string of the molecule is C#CC(CCC)Nc1nc2ccc(C(=O)O)cc2o1. The van der Waals surface area contributed by atoms with Crippen LogP contribution in [0.2, 0.25) is 0 Å². The molecule has 1 atom stereocenters. The summed E-state index contributed by atoms with van der Waals surface area (Å²) in [6, 6.07) is 4.71. The number of nitrogens with zero attached hydrogens (tertiary/aromatic N) is 1. The lowest BCUT2D eigenvalue weighted by Gasteiger charge is -2.08. The molecule has 1 heterocycles. The number of aromatic carboxylic acids is 1. The molecule has 5 heteroatoms. The molecule has 0 fully saturated rings. The van der Waals surface area contributed by atoms with E-state index in [1.54, 1.807) is 6.07 Å². The number of carboxylic acids is 1. The van der Waals surface area contributed by atoms with E-state index in [1.807, 2.05) is 6.92 Å². The van der Waals surface area contributed by atoms with Gasteiger partial charge in [0.1, 0.15) is 5.52 Å². The van der Waals surface area contributed by atoms with Gasteiger partial charge < -0.3 is 14.8 Å². The van der Waals surface area contributed by atoms with Crippen LogP contribution in [0.15, 0.2) is 22.6 Å². The van der Waals surface area contributed by atoms with Crippen LogP contribution in [-0.4, -0.2) is 22.1 Å². The molecule has 2 N–H and O–H groups in total. The highest BCUT2D eigenvalue weighted by molar-refractivity contribution is 5.92. The van der Waals surface area contributed by atoms with Gasteiger partial charge in [-0.1, -0.05) is 19.3 Å². The predicted octanol–water partition coefficient (Wildman–Crippen LogP) is 2.74. The number of fused-ring (bicyclic) bond motifs is 1. The first-order valence-electron chi connectivity index (χ1n) is 6.00. The van der Waals surface area contributed by atoms with Crippen molar-refractivity contribution in [3.63, 3.8) is 0 Å². The van der Waals surface area contributed by atoms with Gasteiger partial charge in [-0.15, -0.1) is 6.42 Å². The third kappa shape index (κ3) is 2.86. The molecule has 0 saturated heterocycles. The molecular weight excluding hydrogens is 244 g/mol. The van der Waals surface area contributed by atoms with E-state index < -0.39 is 5.97 Å². The van der Waals surface area contributed by atoms with E-state index in [1.165, 1.54) is 12.1 Å². The van der Waals surface area contributed by atoms with Crippen LogP contribution in [0.3, 0.4) is 0 Å². The van der Waals surface area contributed by atoms with Gasteiger partial charge in [0.15, 0.2) is 5.58 Å². The predicted molar refractivity (Wildman–Crippen MR) is 72.1 cm³/mol. The molecule has 2 aromatic rings. The number of aromatic nitrogens is 1. The van der Waals surface area contributed by atoms with Crippen molar-refractivity contribution in [3.05, 3.63) is 23.8 Å². The second-order valence-electron chi connectivity index (χ2n) is 4.16. The topological polar surface area (TPSA) is 75.4 Å². The second kappa shape index (κ2) is 5.44. The van der Waals surface area contributed by atoms with Crippen LogP contribution in [0.1, 0.15) is 30.1 Å². The molecule has 1 unspecified atom stereocenters. The molecule has 1 aromatic heterocycles. The Labute approximate surface area is 110 Å². The molecule has 0 amide bonds. The number of hydrogen-bond acceptors (Lipinski definition) is 4. The van der Waals surface area contributed by atoms with Gasteiger partial charge in [0.2, 0.25) is 0 Å². The smallest absolute Gasteiger partial charge is 0.335 e. The lowest BCUT2D eigenvalue weighted by atomic mass is 10.2. The van der Waals surface area contributed by atoms with E-state index >= 15 is 0 Å². The molecule has 2 rings (SSSR count). The number of carboxylic acid groups (broad SMARTS) is 1. The van der Waals surface area contributed by atoms with Gasteiger partial charge >= 0.3 is 5.97 Å². The molecule has 1 aromatic carbocycles. The van der Waals surface area contributed by atoms with Crippen LogP contribution in [0.25, 0.3) is 11.1 Å². The number of nitrogens with one attached hydrogen (secondary N) is 1. The maximum absolute atomic E-state index is 10.9. The summed E-state index contributed by atoms with van der Waals surface area (Å²) in [5.74, 6) is 1.62. The Morgan fingerprint density at radius 3 is 3.05 bits per heavy atom. The maximum atomic E-state index is 10.9. The van der Waals surface area contributed by atoms with Crippen molar-refractivity contribution < 1.29 is 14.3 Å². The Balaban J connectivity index is 2.26. The average molecular weight is 258 g/mol. The van der Waals surface area contributed by atoms with Crippen molar-refractivity contribution in [1.29, 1.82) is 0 Å². The van der Waals surface area contributed by atoms with Gasteiger partial charge in [-0.3, -0.25) is 0 Å². The first kappa shape index (κ1) is 13.0. The van der Waals surface area contributed by atoms with Crippen molar-refractivity contribution in [3.8, 4) is 12.3 Å². The first-order chi connectivity index (χ1) is 9.13. The zero-order valence-corrected chi connectivity index (χ0v) is 10.5. The van der Waals surface area contributed by atoms with Crippen molar-refractivity contribution in [2.45, 2.75) is 25.8 Å². The third-order valence-corrected chi connectivity index (χ3v) is 2.71. The first-order valence-corrected chi connectivity index (χ1v) is 6.00. The fourth-order valence-corrected chi connectivity index (χ4v) is 1.75. The zero-order chi connectivity index (χ0) is 13.8. The molecule has 0 aliphatic heterocycles. The Bertz CT molecular complexity index is 640. The van der Waals surface area contributed by atoms with Crippen LogP contribution in [0.5, 0.6) is 0 Å². The molecule has 0 saturated carbocycles. The minimum absolute atomic E-state index is 0.142. The minimum atomic E-state index is -1.000. The largest absolute Gasteiger partial charge is 0.478 e. The summed E-state index contributed by atoms with van der Waals surface area (Å²) in [5.41, 5.74) is 1.19. The van der Waals surface area contributed by atoms with Gasteiger partial charge in [-0.25, -0.2) is 4.79 Å². The molecule has 0 bridgehead atoms. The molecule has 0 spiro atoms. The van der Waals surface area contributed by atoms with E-state index in [2.05, 4.69) is 16.2 Å². The van der Waals surface area contributed by atoms with Gasteiger partial charge in [0, 0.05) is 0 Å². The van der Waals surface area contributed by atoms with E-state index in [0.29, 0.717) is 17.1 Å². The van der Waals surface area contributed by atoms with Gasteiger partial charge in [0.05, 0.1) is 11.6 Å². The number of hydrogen-bond donors (Lipinski definition) is 2. The molecule has 98 valence electrons. The van der Waals surface area contributed by atoms with Crippen molar-refractivity contribution in [2.24, 2.45) is 0 Å². The highest BCUT2D eigenvalue weighted by Gasteiger charge is 2.12. The number of rotatable bonds is 5. The summed E-state index contributed by atoms with van der Waals surface area (Å²) in [5, 5.41) is 11.9. The van der Waals surface area contributed by atoms with E-state index in [9.17, 15) is 4.79 Å². The molecular formula is C14H14N2O3. The van der Waals surface area contributed by atoms with Crippen LogP contribution in [0.4, 0.5) is 6.01 Å². The number of carbonyl (C=O) groups is 1. The minimum Gasteiger partial charge on any atom is -0.478 e. The summed E-state index contributed by atoms with van der Waals surface area (Å²) in [7, 11) is 0. The standard InChI is InChI=1S/C14H14N2O3/c1-3-5-10(4-2)15-14-16-11-7-6-9(13(17)18)8-12(11)19-14/h2,6-8,10H,3,5H2,1H3,(H,15,16)(H,17,18). The average Bonchev–Trinajstić information content (AvgIpc) is 2.79. The normalized spacial score (nSPS) is 12.0. The Kier molecular flexibility index (Phi) is 3.71. The van der Waals surface area contributed by atoms with Crippen molar-refractivity contribution in [2.75, 3.05) is 5.32 Å². The summed E-state index contributed by atoms with van der Waals surface area (Å²) in [6.45, 7) is 2.04. The van der Waals surface area contributed by atoms with Crippen LogP contribution >= 0.6 is 0 Å². The lowest BCUT2D eigenvalue weighted by Crippen LogP contribution is -2.16. The van der Waals surface area contributed by atoms with Crippen LogP contribution in [0, 0.1) is 12.3 Å². The summed E-state index contributed by atoms with van der Waals surface area (Å²) < 4.78 is 5.46. The number of terminal acetylenes is 1. The van der Waals surface area contributed by atoms with E-state index in [0.717, 1.165) is 12.8 Å². The molecule has 0 aliphatic carbocycles. The number of anilines is 1. The summed E-state index contributed by atoms with van der Waals surface area (Å²) in [4.78, 5) is 15.1. The molecule has 0 radical (unpaired) electrons. The molecule has 19 heavy (non-hydrogen) atoms. The quantitative estimate of drug-likeness (QED) is 0.806. The second-order valence-corrected chi connectivity index (χ2v) is 4.16. The molecule has 0 aliphatic rings.